The Morgan fingerprint density at radius 1 is 1.14 bits per heavy atom. The average molecular weight is 418 g/mol. The second kappa shape index (κ2) is 7.38. The number of fused-ring (bicyclic) bond motifs is 1. The van der Waals surface area contributed by atoms with Gasteiger partial charge < -0.3 is 10.2 Å². The van der Waals surface area contributed by atoms with Crippen LogP contribution in [-0.2, 0) is 9.84 Å². The van der Waals surface area contributed by atoms with Gasteiger partial charge in [0, 0.05) is 37.9 Å². The van der Waals surface area contributed by atoms with Crippen molar-refractivity contribution in [1.29, 1.82) is 0 Å². The van der Waals surface area contributed by atoms with Crippen molar-refractivity contribution in [2.24, 2.45) is 0 Å². The van der Waals surface area contributed by atoms with E-state index in [9.17, 15) is 8.42 Å². The molecule has 1 fully saturated rings. The maximum atomic E-state index is 13.6. The van der Waals surface area contributed by atoms with E-state index in [2.05, 4.69) is 20.3 Å². The molecule has 0 amide bonds. The summed E-state index contributed by atoms with van der Waals surface area (Å²) in [6.07, 6.45) is 1.84. The lowest BCUT2D eigenvalue weighted by molar-refractivity contribution is 0.579. The van der Waals surface area contributed by atoms with Crippen LogP contribution in [0.1, 0.15) is 11.3 Å². The molecule has 3 aromatic rings. The molecule has 7 nitrogen and oxygen atoms in total. The zero-order valence-electron chi connectivity index (χ0n) is 16.1. The molecule has 1 aromatic carbocycles. The van der Waals surface area contributed by atoms with Crippen molar-refractivity contribution in [3.05, 3.63) is 41.6 Å². The summed E-state index contributed by atoms with van der Waals surface area (Å²) in [5.74, 6) is 0.880. The maximum absolute atomic E-state index is 13.6. The van der Waals surface area contributed by atoms with E-state index >= 15 is 0 Å². The van der Waals surface area contributed by atoms with Gasteiger partial charge in [-0.1, -0.05) is 18.2 Å². The largest absolute Gasteiger partial charge is 0.354 e. The van der Waals surface area contributed by atoms with Crippen molar-refractivity contribution < 1.29 is 8.42 Å². The molecular formula is C19H23N5O2S2. The van der Waals surface area contributed by atoms with Crippen LogP contribution in [0.25, 0.3) is 5.65 Å². The first-order valence-electron chi connectivity index (χ1n) is 9.14. The SMILES string of the molecule is CSc1nn2c(N3CCNCC3)cc(C)nc2c1S(=O)(=O)c1ccccc1C. The molecule has 0 bridgehead atoms. The van der Waals surface area contributed by atoms with E-state index in [1.165, 1.54) is 11.8 Å². The number of sulfone groups is 1. The molecule has 1 aliphatic heterocycles. The van der Waals surface area contributed by atoms with Gasteiger partial charge in [0.2, 0.25) is 9.84 Å². The van der Waals surface area contributed by atoms with E-state index < -0.39 is 9.84 Å². The molecule has 0 atom stereocenters. The van der Waals surface area contributed by atoms with Crippen LogP contribution in [0.4, 0.5) is 5.82 Å². The molecule has 0 unspecified atom stereocenters. The third kappa shape index (κ3) is 3.17. The monoisotopic (exact) mass is 417 g/mol. The van der Waals surface area contributed by atoms with Crippen molar-refractivity contribution in [3.63, 3.8) is 0 Å². The molecule has 0 radical (unpaired) electrons. The molecule has 1 aliphatic rings. The molecular weight excluding hydrogens is 394 g/mol. The average Bonchev–Trinajstić information content (AvgIpc) is 3.07. The Kier molecular flexibility index (Phi) is 5.07. The third-order valence-corrected chi connectivity index (χ3v) is 7.66. The number of nitrogens with zero attached hydrogens (tertiary/aromatic N) is 4. The van der Waals surface area contributed by atoms with Gasteiger partial charge in [-0.05, 0) is 31.7 Å². The summed E-state index contributed by atoms with van der Waals surface area (Å²) in [5, 5.41) is 8.45. The van der Waals surface area contributed by atoms with Gasteiger partial charge in [-0.25, -0.2) is 13.4 Å². The van der Waals surface area contributed by atoms with Gasteiger partial charge in [0.05, 0.1) is 4.90 Å². The highest BCUT2D eigenvalue weighted by atomic mass is 32.2. The first-order chi connectivity index (χ1) is 13.4. The lowest BCUT2D eigenvalue weighted by Crippen LogP contribution is -2.44. The Labute approximate surface area is 169 Å². The zero-order chi connectivity index (χ0) is 19.9. The summed E-state index contributed by atoms with van der Waals surface area (Å²) >= 11 is 1.33. The Morgan fingerprint density at radius 2 is 1.86 bits per heavy atom. The zero-order valence-corrected chi connectivity index (χ0v) is 17.8. The van der Waals surface area contributed by atoms with Crippen LogP contribution in [0.5, 0.6) is 0 Å². The van der Waals surface area contributed by atoms with Gasteiger partial charge in [-0.2, -0.15) is 9.61 Å². The van der Waals surface area contributed by atoms with Crippen LogP contribution in [0.3, 0.4) is 0 Å². The van der Waals surface area contributed by atoms with Crippen molar-refractivity contribution in [1.82, 2.24) is 19.9 Å². The predicted molar refractivity (Wildman–Crippen MR) is 111 cm³/mol. The number of hydrogen-bond acceptors (Lipinski definition) is 7. The molecule has 1 N–H and O–H groups in total. The van der Waals surface area contributed by atoms with E-state index in [4.69, 9.17) is 0 Å². The van der Waals surface area contributed by atoms with Crippen molar-refractivity contribution >= 4 is 33.1 Å². The minimum atomic E-state index is -3.76. The summed E-state index contributed by atoms with van der Waals surface area (Å²) in [4.78, 5) is 7.30. The fourth-order valence-electron chi connectivity index (χ4n) is 3.54. The van der Waals surface area contributed by atoms with Crippen LogP contribution in [0, 0.1) is 13.8 Å². The summed E-state index contributed by atoms with van der Waals surface area (Å²) in [7, 11) is -3.76. The molecule has 9 heteroatoms. The predicted octanol–water partition coefficient (Wildman–Crippen LogP) is 2.31. The summed E-state index contributed by atoms with van der Waals surface area (Å²) in [6, 6.07) is 9.01. The van der Waals surface area contributed by atoms with Gasteiger partial charge in [-0.3, -0.25) is 0 Å². The Bertz CT molecular complexity index is 1130. The maximum Gasteiger partial charge on any atom is 0.213 e. The quantitative estimate of drug-likeness (QED) is 0.653. The van der Waals surface area contributed by atoms with E-state index in [0.29, 0.717) is 21.1 Å². The minimum Gasteiger partial charge on any atom is -0.354 e. The Morgan fingerprint density at radius 3 is 2.54 bits per heavy atom. The molecule has 0 aliphatic carbocycles. The summed E-state index contributed by atoms with van der Waals surface area (Å²) < 4.78 is 28.8. The van der Waals surface area contributed by atoms with Crippen LogP contribution in [0.2, 0.25) is 0 Å². The number of benzene rings is 1. The number of hydrogen-bond donors (Lipinski definition) is 1. The van der Waals surface area contributed by atoms with Crippen molar-refractivity contribution in [2.75, 3.05) is 37.3 Å². The standard InChI is InChI=1S/C19H23N5O2S2/c1-13-6-4-5-7-15(13)28(25,26)17-18-21-14(2)12-16(23-10-8-20-9-11-23)24(18)22-19(17)27-3/h4-7,12,20H,8-11H2,1-3H3. The number of piperazine rings is 1. The number of anilines is 1. The van der Waals surface area contributed by atoms with Crippen LogP contribution in [-0.4, -0.2) is 55.5 Å². The molecule has 1 saturated heterocycles. The molecule has 2 aromatic heterocycles. The third-order valence-electron chi connectivity index (χ3n) is 4.91. The molecule has 0 spiro atoms. The minimum absolute atomic E-state index is 0.189. The molecule has 0 saturated carbocycles. The Hall–Kier alpha value is -2.10. The van der Waals surface area contributed by atoms with Crippen molar-refractivity contribution in [2.45, 2.75) is 28.7 Å². The van der Waals surface area contributed by atoms with E-state index in [-0.39, 0.29) is 4.90 Å². The number of aryl methyl sites for hydroxylation is 2. The Balaban J connectivity index is 1.99. The van der Waals surface area contributed by atoms with Gasteiger partial charge in [0.25, 0.3) is 0 Å². The molecule has 4 rings (SSSR count). The van der Waals surface area contributed by atoms with E-state index in [0.717, 1.165) is 37.7 Å². The van der Waals surface area contributed by atoms with E-state index in [1.54, 1.807) is 16.6 Å². The topological polar surface area (TPSA) is 79.6 Å². The van der Waals surface area contributed by atoms with Crippen molar-refractivity contribution in [3.8, 4) is 0 Å². The molecule has 28 heavy (non-hydrogen) atoms. The van der Waals surface area contributed by atoms with E-state index in [1.807, 2.05) is 38.3 Å². The number of nitrogens with one attached hydrogen (secondary N) is 1. The van der Waals surface area contributed by atoms with Gasteiger partial charge in [0.15, 0.2) is 10.5 Å². The highest BCUT2D eigenvalue weighted by molar-refractivity contribution is 7.99. The second-order valence-corrected chi connectivity index (χ2v) is 9.49. The van der Waals surface area contributed by atoms with Gasteiger partial charge in [-0.15, -0.1) is 11.8 Å². The number of rotatable bonds is 4. The summed E-state index contributed by atoms with van der Waals surface area (Å²) in [5.41, 5.74) is 1.87. The van der Waals surface area contributed by atoms with Crippen LogP contribution >= 0.6 is 11.8 Å². The van der Waals surface area contributed by atoms with Crippen LogP contribution in [0.15, 0.2) is 45.1 Å². The first kappa shape index (κ1) is 19.2. The van der Waals surface area contributed by atoms with Crippen LogP contribution < -0.4 is 10.2 Å². The number of aromatic nitrogens is 3. The fourth-order valence-corrected chi connectivity index (χ4v) is 6.17. The molecule has 148 valence electrons. The van der Waals surface area contributed by atoms with Gasteiger partial charge >= 0.3 is 0 Å². The lowest BCUT2D eigenvalue weighted by atomic mass is 10.2. The summed E-state index contributed by atoms with van der Waals surface area (Å²) in [6.45, 7) is 7.14. The second-order valence-electron chi connectivity index (χ2n) is 6.84. The van der Waals surface area contributed by atoms with Gasteiger partial charge in [0.1, 0.15) is 10.8 Å². The fraction of sp³-hybridized carbons (Fsp3) is 0.368. The highest BCUT2D eigenvalue weighted by Gasteiger charge is 2.31. The normalized spacial score (nSPS) is 15.3. The number of thioether (sulfide) groups is 1. The molecule has 3 heterocycles. The highest BCUT2D eigenvalue weighted by Crippen LogP contribution is 2.35. The lowest BCUT2D eigenvalue weighted by Gasteiger charge is -2.29. The smallest absolute Gasteiger partial charge is 0.213 e. The first-order valence-corrected chi connectivity index (χ1v) is 11.8.